The molecule has 1 aromatic rings. The lowest BCUT2D eigenvalue weighted by molar-refractivity contribution is -0.0373. The number of nitrogen functional groups attached to an aromatic ring is 1. The van der Waals surface area contributed by atoms with Gasteiger partial charge in [0.15, 0.2) is 0 Å². The second-order valence-electron chi connectivity index (χ2n) is 3.05. The van der Waals surface area contributed by atoms with E-state index < -0.39 is 19.1 Å². The molecular formula is C8H9Cl2F2N3O. The Morgan fingerprint density at radius 2 is 2.06 bits per heavy atom. The Morgan fingerprint density at radius 3 is 2.62 bits per heavy atom. The van der Waals surface area contributed by atoms with E-state index in [0.717, 1.165) is 0 Å². The second-order valence-corrected chi connectivity index (χ2v) is 3.87. The number of hydrogen-bond acceptors (Lipinski definition) is 4. The third-order valence-corrected chi connectivity index (χ3v) is 2.29. The van der Waals surface area contributed by atoms with Crippen molar-refractivity contribution in [3.05, 3.63) is 16.1 Å². The zero-order chi connectivity index (χ0) is 12.3. The van der Waals surface area contributed by atoms with E-state index in [1.54, 1.807) is 0 Å². The van der Waals surface area contributed by atoms with Gasteiger partial charge in [0, 0.05) is 0 Å². The van der Waals surface area contributed by atoms with Crippen molar-refractivity contribution in [2.24, 2.45) is 0 Å². The average molecular weight is 272 g/mol. The van der Waals surface area contributed by atoms with Crippen LogP contribution in [0.2, 0.25) is 10.0 Å². The summed E-state index contributed by atoms with van der Waals surface area (Å²) in [5.74, 6) is -3.27. The van der Waals surface area contributed by atoms with Gasteiger partial charge in [0.25, 0.3) is 5.92 Å². The minimum absolute atomic E-state index is 0.00306. The molecule has 1 rings (SSSR count). The zero-order valence-electron chi connectivity index (χ0n) is 7.98. The fourth-order valence-corrected chi connectivity index (χ4v) is 1.30. The summed E-state index contributed by atoms with van der Waals surface area (Å²) in [6, 6.07) is 1.30. The van der Waals surface area contributed by atoms with Gasteiger partial charge < -0.3 is 16.2 Å². The predicted molar refractivity (Wildman–Crippen MR) is 59.2 cm³/mol. The normalized spacial score (nSPS) is 11.6. The van der Waals surface area contributed by atoms with Crippen LogP contribution in [0.5, 0.6) is 0 Å². The smallest absolute Gasteiger partial charge is 0.287 e. The molecule has 8 heteroatoms. The van der Waals surface area contributed by atoms with Crippen LogP contribution in [0, 0.1) is 0 Å². The first-order valence-electron chi connectivity index (χ1n) is 4.20. The summed E-state index contributed by atoms with van der Waals surface area (Å²) < 4.78 is 25.4. The molecule has 1 aromatic heterocycles. The monoisotopic (exact) mass is 271 g/mol. The number of anilines is 2. The van der Waals surface area contributed by atoms with Crippen LogP contribution in [0.1, 0.15) is 0 Å². The van der Waals surface area contributed by atoms with Crippen LogP contribution in [-0.4, -0.2) is 29.2 Å². The third-order valence-electron chi connectivity index (χ3n) is 1.70. The van der Waals surface area contributed by atoms with E-state index in [9.17, 15) is 8.78 Å². The van der Waals surface area contributed by atoms with Crippen LogP contribution in [0.4, 0.5) is 20.4 Å². The van der Waals surface area contributed by atoms with Gasteiger partial charge in [-0.1, -0.05) is 23.2 Å². The number of pyridine rings is 1. The van der Waals surface area contributed by atoms with Crippen LogP contribution >= 0.6 is 23.2 Å². The van der Waals surface area contributed by atoms with E-state index in [1.165, 1.54) is 6.07 Å². The van der Waals surface area contributed by atoms with Crippen LogP contribution in [0.15, 0.2) is 6.07 Å². The molecule has 0 aliphatic carbocycles. The Balaban J connectivity index is 2.79. The Kier molecular flexibility index (Phi) is 4.12. The summed E-state index contributed by atoms with van der Waals surface area (Å²) in [6.07, 6.45) is 0. The molecule has 0 amide bonds. The summed E-state index contributed by atoms with van der Waals surface area (Å²) in [5, 5.41) is 10.9. The van der Waals surface area contributed by atoms with Gasteiger partial charge >= 0.3 is 0 Å². The number of aliphatic hydroxyl groups is 1. The lowest BCUT2D eigenvalue weighted by atomic mass is 10.3. The van der Waals surface area contributed by atoms with Crippen LogP contribution in [-0.2, 0) is 0 Å². The number of nitrogens with zero attached hydrogens (tertiary/aromatic N) is 1. The van der Waals surface area contributed by atoms with Gasteiger partial charge in [-0.3, -0.25) is 0 Å². The maximum absolute atomic E-state index is 12.7. The lowest BCUT2D eigenvalue weighted by Gasteiger charge is -2.15. The van der Waals surface area contributed by atoms with Gasteiger partial charge in [0.1, 0.15) is 18.2 Å². The van der Waals surface area contributed by atoms with Crippen LogP contribution in [0.25, 0.3) is 0 Å². The lowest BCUT2D eigenvalue weighted by Crippen LogP contribution is -2.31. The molecule has 0 aliphatic rings. The van der Waals surface area contributed by atoms with Crippen molar-refractivity contribution < 1.29 is 13.9 Å². The number of nitrogens with two attached hydrogens (primary N) is 1. The summed E-state index contributed by atoms with van der Waals surface area (Å²) in [7, 11) is 0. The molecule has 0 atom stereocenters. The second kappa shape index (κ2) is 4.99. The number of aromatic nitrogens is 1. The molecule has 90 valence electrons. The first-order valence-corrected chi connectivity index (χ1v) is 4.95. The molecule has 16 heavy (non-hydrogen) atoms. The predicted octanol–water partition coefficient (Wildman–Crippen LogP) is 2.01. The summed E-state index contributed by atoms with van der Waals surface area (Å²) in [5.41, 5.74) is 5.38. The number of alkyl halides is 2. The number of aliphatic hydroxyl groups excluding tert-OH is 1. The average Bonchev–Trinajstić information content (AvgIpc) is 2.22. The summed E-state index contributed by atoms with van der Waals surface area (Å²) in [4.78, 5) is 3.70. The van der Waals surface area contributed by atoms with Crippen molar-refractivity contribution in [3.8, 4) is 0 Å². The Bertz CT molecular complexity index is 390. The molecule has 4 nitrogen and oxygen atoms in total. The van der Waals surface area contributed by atoms with Gasteiger partial charge in [-0.15, -0.1) is 0 Å². The molecule has 0 bridgehead atoms. The van der Waals surface area contributed by atoms with Crippen LogP contribution in [0.3, 0.4) is 0 Å². The maximum atomic E-state index is 12.7. The van der Waals surface area contributed by atoms with Gasteiger partial charge in [-0.05, 0) is 6.07 Å². The number of halogens is 4. The van der Waals surface area contributed by atoms with Gasteiger partial charge in [-0.25, -0.2) is 13.8 Å². The Hall–Kier alpha value is -0.850. The van der Waals surface area contributed by atoms with E-state index in [4.69, 9.17) is 34.0 Å². The molecule has 0 spiro atoms. The maximum Gasteiger partial charge on any atom is 0.287 e. The molecule has 0 radical (unpaired) electrons. The van der Waals surface area contributed by atoms with Crippen molar-refractivity contribution in [1.82, 2.24) is 4.98 Å². The summed E-state index contributed by atoms with van der Waals surface area (Å²) in [6.45, 7) is -2.06. The Morgan fingerprint density at radius 1 is 1.44 bits per heavy atom. The SMILES string of the molecule is Nc1nc(NCC(F)(F)CO)c(Cl)cc1Cl. The fraction of sp³-hybridized carbons (Fsp3) is 0.375. The van der Waals surface area contributed by atoms with Crippen molar-refractivity contribution in [2.75, 3.05) is 24.2 Å². The highest BCUT2D eigenvalue weighted by molar-refractivity contribution is 6.37. The molecule has 0 saturated carbocycles. The first kappa shape index (κ1) is 13.2. The number of nitrogens with one attached hydrogen (secondary N) is 1. The molecule has 0 aromatic carbocycles. The Labute approximate surface area is 100 Å². The van der Waals surface area contributed by atoms with Gasteiger partial charge in [-0.2, -0.15) is 0 Å². The highest BCUT2D eigenvalue weighted by Crippen LogP contribution is 2.27. The third kappa shape index (κ3) is 3.33. The minimum Gasteiger partial charge on any atom is -0.390 e. The molecule has 0 saturated heterocycles. The fourth-order valence-electron chi connectivity index (χ4n) is 0.874. The van der Waals surface area contributed by atoms with Crippen molar-refractivity contribution >= 4 is 34.8 Å². The quantitative estimate of drug-likeness (QED) is 0.784. The topological polar surface area (TPSA) is 71.2 Å². The van der Waals surface area contributed by atoms with E-state index in [1.807, 2.05) is 0 Å². The highest BCUT2D eigenvalue weighted by Gasteiger charge is 2.27. The minimum atomic E-state index is -3.25. The number of rotatable bonds is 4. The van der Waals surface area contributed by atoms with Crippen molar-refractivity contribution in [3.63, 3.8) is 0 Å². The van der Waals surface area contributed by atoms with E-state index >= 15 is 0 Å². The van der Waals surface area contributed by atoms with Gasteiger partial charge in [0.2, 0.25) is 0 Å². The van der Waals surface area contributed by atoms with Crippen molar-refractivity contribution in [2.45, 2.75) is 5.92 Å². The molecule has 0 unspecified atom stereocenters. The first-order chi connectivity index (χ1) is 7.35. The van der Waals surface area contributed by atoms with E-state index in [0.29, 0.717) is 0 Å². The molecule has 0 aliphatic heterocycles. The molecule has 1 heterocycles. The van der Waals surface area contributed by atoms with Gasteiger partial charge in [0.05, 0.1) is 16.6 Å². The van der Waals surface area contributed by atoms with E-state index in [2.05, 4.69) is 10.3 Å². The highest BCUT2D eigenvalue weighted by atomic mass is 35.5. The standard InChI is InChI=1S/C8H9Cl2F2N3O/c9-4-1-5(10)7(15-6(4)13)14-2-8(11,12)3-16/h1,16H,2-3H2,(H3,13,14,15). The largest absolute Gasteiger partial charge is 0.390 e. The zero-order valence-corrected chi connectivity index (χ0v) is 9.49. The van der Waals surface area contributed by atoms with Crippen LogP contribution < -0.4 is 11.1 Å². The van der Waals surface area contributed by atoms with E-state index in [-0.39, 0.29) is 21.7 Å². The molecule has 4 N–H and O–H groups in total. The number of hydrogen-bond donors (Lipinski definition) is 3. The molecule has 0 fully saturated rings. The van der Waals surface area contributed by atoms with Crippen molar-refractivity contribution in [1.29, 1.82) is 0 Å². The molecular weight excluding hydrogens is 263 g/mol. The summed E-state index contributed by atoms with van der Waals surface area (Å²) >= 11 is 11.3.